The second-order valence-corrected chi connectivity index (χ2v) is 7.36. The third kappa shape index (κ3) is 3.66. The van der Waals surface area contributed by atoms with Crippen molar-refractivity contribution in [1.29, 1.82) is 0 Å². The van der Waals surface area contributed by atoms with E-state index in [1.165, 1.54) is 5.57 Å². The summed E-state index contributed by atoms with van der Waals surface area (Å²) in [5.41, 5.74) is 1.92. The fourth-order valence-corrected chi connectivity index (χ4v) is 3.28. The van der Waals surface area contributed by atoms with Gasteiger partial charge in [0, 0.05) is 30.5 Å². The monoisotopic (exact) mass is 318 g/mol. The summed E-state index contributed by atoms with van der Waals surface area (Å²) in [6, 6.07) is 1.80. The van der Waals surface area contributed by atoms with Gasteiger partial charge in [0.1, 0.15) is 0 Å². The van der Waals surface area contributed by atoms with Crippen molar-refractivity contribution < 1.29 is 14.4 Å². The molecule has 0 radical (unpaired) electrons. The van der Waals surface area contributed by atoms with E-state index in [2.05, 4.69) is 25.1 Å². The van der Waals surface area contributed by atoms with Gasteiger partial charge in [-0.15, -0.1) is 0 Å². The molecule has 5 nitrogen and oxygen atoms in total. The average molecular weight is 318 g/mol. The molecule has 1 saturated carbocycles. The van der Waals surface area contributed by atoms with Crippen LogP contribution >= 0.6 is 0 Å². The molecule has 0 bridgehead atoms. The van der Waals surface area contributed by atoms with E-state index in [0.29, 0.717) is 18.2 Å². The van der Waals surface area contributed by atoms with E-state index in [-0.39, 0.29) is 17.9 Å². The molecule has 23 heavy (non-hydrogen) atoms. The van der Waals surface area contributed by atoms with Crippen molar-refractivity contribution in [1.82, 2.24) is 10.1 Å². The molecule has 1 N–H and O–H groups in total. The van der Waals surface area contributed by atoms with Crippen LogP contribution in [-0.4, -0.2) is 40.8 Å². The molecule has 0 spiro atoms. The number of amides is 1. The molecule has 1 aliphatic carbocycles. The molecule has 5 heteroatoms. The van der Waals surface area contributed by atoms with Crippen LogP contribution < -0.4 is 0 Å². The summed E-state index contributed by atoms with van der Waals surface area (Å²) < 4.78 is 5.27. The van der Waals surface area contributed by atoms with Crippen LogP contribution in [0.2, 0.25) is 0 Å². The molecule has 2 fully saturated rings. The normalized spacial score (nSPS) is 24.6. The fraction of sp³-hybridized carbons (Fsp3) is 0.667. The van der Waals surface area contributed by atoms with Crippen LogP contribution in [0.1, 0.15) is 68.1 Å². The maximum Gasteiger partial charge on any atom is 0.292 e. The Hall–Kier alpha value is -1.62. The zero-order valence-corrected chi connectivity index (χ0v) is 14.0. The molecule has 1 saturated heterocycles. The van der Waals surface area contributed by atoms with Crippen LogP contribution in [-0.2, 0) is 0 Å². The zero-order chi connectivity index (χ0) is 16.4. The first-order chi connectivity index (χ1) is 11.0. The van der Waals surface area contributed by atoms with Gasteiger partial charge in [0.15, 0.2) is 0 Å². The minimum atomic E-state index is -0.232. The van der Waals surface area contributed by atoms with E-state index in [1.54, 1.807) is 6.07 Å². The third-order valence-corrected chi connectivity index (χ3v) is 4.96. The number of hydrogen-bond acceptors (Lipinski definition) is 4. The number of allylic oxidation sites excluding steroid dienone is 2. The number of piperidine rings is 1. The number of nitrogens with zero attached hydrogens (tertiary/aromatic N) is 2. The summed E-state index contributed by atoms with van der Waals surface area (Å²) in [6.07, 6.45) is 7.09. The Morgan fingerprint density at radius 3 is 2.96 bits per heavy atom. The highest BCUT2D eigenvalue weighted by molar-refractivity contribution is 5.91. The molecule has 1 atom stereocenters. The maximum atomic E-state index is 12.7. The summed E-state index contributed by atoms with van der Waals surface area (Å²) in [5, 5.41) is 13.9. The highest BCUT2D eigenvalue weighted by Gasteiger charge is 2.37. The van der Waals surface area contributed by atoms with Gasteiger partial charge >= 0.3 is 0 Å². The Balaban J connectivity index is 1.70. The van der Waals surface area contributed by atoms with Gasteiger partial charge in [-0.05, 0) is 46.0 Å². The summed E-state index contributed by atoms with van der Waals surface area (Å²) in [4.78, 5) is 14.5. The second-order valence-electron chi connectivity index (χ2n) is 7.36. The highest BCUT2D eigenvalue weighted by Crippen LogP contribution is 2.40. The molecular weight excluding hydrogens is 292 g/mol. The molecule has 2 aliphatic rings. The van der Waals surface area contributed by atoms with Crippen molar-refractivity contribution >= 4 is 5.91 Å². The molecular formula is C18H26N2O3. The van der Waals surface area contributed by atoms with Crippen LogP contribution in [0.15, 0.2) is 22.2 Å². The lowest BCUT2D eigenvalue weighted by Gasteiger charge is -2.41. The van der Waals surface area contributed by atoms with Crippen LogP contribution in [0.25, 0.3) is 0 Å². The second kappa shape index (κ2) is 6.48. The van der Waals surface area contributed by atoms with Crippen molar-refractivity contribution in [2.45, 2.75) is 51.9 Å². The van der Waals surface area contributed by atoms with Crippen molar-refractivity contribution in [3.63, 3.8) is 0 Å². The number of aromatic nitrogens is 1. The maximum absolute atomic E-state index is 12.7. The molecule has 1 aromatic rings. The van der Waals surface area contributed by atoms with E-state index >= 15 is 0 Å². The molecule has 2 heterocycles. The van der Waals surface area contributed by atoms with Gasteiger partial charge in [0.2, 0.25) is 5.76 Å². The van der Waals surface area contributed by atoms with Crippen molar-refractivity contribution in [2.75, 3.05) is 19.7 Å². The van der Waals surface area contributed by atoms with Gasteiger partial charge < -0.3 is 14.5 Å². The summed E-state index contributed by atoms with van der Waals surface area (Å²) in [7, 11) is 0. The largest absolute Gasteiger partial charge is 0.396 e. The van der Waals surface area contributed by atoms with Gasteiger partial charge in [-0.1, -0.05) is 16.8 Å². The lowest BCUT2D eigenvalue weighted by atomic mass is 9.77. The van der Waals surface area contributed by atoms with E-state index in [4.69, 9.17) is 4.52 Å². The molecule has 0 aromatic carbocycles. The number of carbonyl (C=O) groups excluding carboxylic acids is 1. The smallest absolute Gasteiger partial charge is 0.292 e. The van der Waals surface area contributed by atoms with E-state index < -0.39 is 0 Å². The first-order valence-corrected chi connectivity index (χ1v) is 8.53. The number of aliphatic hydroxyl groups is 1. The van der Waals surface area contributed by atoms with Gasteiger partial charge in [-0.25, -0.2) is 0 Å². The molecule has 126 valence electrons. The van der Waals surface area contributed by atoms with Crippen molar-refractivity contribution in [3.8, 4) is 0 Å². The Labute approximate surface area is 137 Å². The molecule has 3 rings (SSSR count). The Morgan fingerprint density at radius 2 is 2.30 bits per heavy atom. The molecule has 1 aliphatic heterocycles. The lowest BCUT2D eigenvalue weighted by Crippen LogP contribution is -2.47. The third-order valence-electron chi connectivity index (χ3n) is 4.96. The van der Waals surface area contributed by atoms with E-state index in [0.717, 1.165) is 44.3 Å². The van der Waals surface area contributed by atoms with Crippen LogP contribution in [0.5, 0.6) is 0 Å². The number of aliphatic hydroxyl groups excluding tert-OH is 1. The van der Waals surface area contributed by atoms with Crippen LogP contribution in [0.3, 0.4) is 0 Å². The quantitative estimate of drug-likeness (QED) is 0.847. The van der Waals surface area contributed by atoms with Gasteiger partial charge in [-0.2, -0.15) is 0 Å². The Kier molecular flexibility index (Phi) is 4.57. The minimum Gasteiger partial charge on any atom is -0.396 e. The zero-order valence-electron chi connectivity index (χ0n) is 14.0. The number of hydrogen-bond donors (Lipinski definition) is 1. The fourth-order valence-electron chi connectivity index (χ4n) is 3.28. The van der Waals surface area contributed by atoms with E-state index in [1.807, 2.05) is 4.90 Å². The summed E-state index contributed by atoms with van der Waals surface area (Å²) in [6.45, 7) is 5.51. The van der Waals surface area contributed by atoms with Crippen LogP contribution in [0, 0.1) is 5.41 Å². The van der Waals surface area contributed by atoms with Gasteiger partial charge in [-0.3, -0.25) is 4.79 Å². The standard InChI is InChI=1S/C18H26N2O3/c1-13(2)6-8-18(12-21)7-3-9-20(11-18)17(22)16-10-15(19-23-16)14-4-5-14/h6,10,14,21H,3-5,7-9,11-12H2,1-2H3/t18-/m1/s1. The topological polar surface area (TPSA) is 66.6 Å². The minimum absolute atomic E-state index is 0.0980. The van der Waals surface area contributed by atoms with E-state index in [9.17, 15) is 9.90 Å². The SMILES string of the molecule is CC(C)=CC[C@]1(CO)CCCN(C(=O)c2cc(C3CC3)no2)C1. The predicted octanol–water partition coefficient (Wildman–Crippen LogP) is 3.12. The molecule has 0 unspecified atom stereocenters. The first kappa shape index (κ1) is 16.2. The van der Waals surface area contributed by atoms with Crippen molar-refractivity contribution in [2.24, 2.45) is 5.41 Å². The summed E-state index contributed by atoms with van der Waals surface area (Å²) >= 11 is 0. The Bertz CT molecular complexity index is 599. The number of likely N-dealkylation sites (tertiary alicyclic amines) is 1. The lowest BCUT2D eigenvalue weighted by molar-refractivity contribution is 0.0259. The molecule has 1 aromatic heterocycles. The predicted molar refractivity (Wildman–Crippen MR) is 87.2 cm³/mol. The van der Waals surface area contributed by atoms with Gasteiger partial charge in [0.05, 0.1) is 12.3 Å². The number of rotatable bonds is 5. The van der Waals surface area contributed by atoms with Crippen LogP contribution in [0.4, 0.5) is 0 Å². The number of carbonyl (C=O) groups is 1. The van der Waals surface area contributed by atoms with Crippen molar-refractivity contribution in [3.05, 3.63) is 29.2 Å². The first-order valence-electron chi connectivity index (χ1n) is 8.53. The molecule has 1 amide bonds. The van der Waals surface area contributed by atoms with Gasteiger partial charge in [0.25, 0.3) is 5.91 Å². The average Bonchev–Trinajstić information content (AvgIpc) is 3.30. The Morgan fingerprint density at radius 1 is 1.52 bits per heavy atom. The highest BCUT2D eigenvalue weighted by atomic mass is 16.5. The summed E-state index contributed by atoms with van der Waals surface area (Å²) in [5.74, 6) is 0.720.